The van der Waals surface area contributed by atoms with Gasteiger partial charge in [0.05, 0.1) is 0 Å². The molecular weight excluding hydrogens is 438 g/mol. The molecule has 3 nitrogen and oxygen atoms in total. The molecule has 1 unspecified atom stereocenters. The van der Waals surface area contributed by atoms with Gasteiger partial charge in [-0.15, -0.1) is 0 Å². The summed E-state index contributed by atoms with van der Waals surface area (Å²) in [6, 6.07) is 23.9. The monoisotopic (exact) mass is 463 g/mol. The molecule has 164 valence electrons. The minimum atomic E-state index is -1.20. The lowest BCUT2D eigenvalue weighted by atomic mass is 9.99. The molecule has 1 atom stereocenters. The third-order valence-corrected chi connectivity index (χ3v) is 8.02. The highest BCUT2D eigenvalue weighted by molar-refractivity contribution is 7.34. The second-order valence-electron chi connectivity index (χ2n) is 8.30. The summed E-state index contributed by atoms with van der Waals surface area (Å²) < 4.78 is 20.2. The fraction of sp³-hybridized carbons (Fsp3) is 0.259. The Labute approximate surface area is 197 Å². The zero-order chi connectivity index (χ0) is 21.9. The molecule has 1 fully saturated rings. The number of rotatable bonds is 7. The maximum absolute atomic E-state index is 13.4. The highest BCUT2D eigenvalue weighted by Crippen LogP contribution is 2.45. The topological polar surface area (TPSA) is 35.5 Å². The molecular formula is C27H26ClNO2S. The van der Waals surface area contributed by atoms with E-state index in [0.717, 1.165) is 51.4 Å². The smallest absolute Gasteiger partial charge is 0.184 e. The third kappa shape index (κ3) is 4.55. The average Bonchev–Trinajstić information content (AvgIpc) is 3.43. The fourth-order valence-corrected chi connectivity index (χ4v) is 6.18. The number of hydrogen-bond donors (Lipinski definition) is 0. The van der Waals surface area contributed by atoms with Crippen LogP contribution in [0.2, 0.25) is 5.02 Å². The quantitative estimate of drug-likeness (QED) is 0.278. The number of ether oxygens (including phenoxy) is 1. The van der Waals surface area contributed by atoms with Crippen molar-refractivity contribution in [3.8, 4) is 16.2 Å². The first-order valence-electron chi connectivity index (χ1n) is 11.1. The minimum Gasteiger partial charge on any atom is -0.590 e. The summed E-state index contributed by atoms with van der Waals surface area (Å²) in [5, 5.41) is 1.75. The van der Waals surface area contributed by atoms with E-state index in [9.17, 15) is 4.55 Å². The van der Waals surface area contributed by atoms with Gasteiger partial charge in [-0.1, -0.05) is 35.9 Å². The van der Waals surface area contributed by atoms with Crippen LogP contribution in [0.15, 0.2) is 72.8 Å². The molecule has 1 aliphatic heterocycles. The molecule has 32 heavy (non-hydrogen) atoms. The third-order valence-electron chi connectivity index (χ3n) is 6.16. The standard InChI is InChI=1S/C27H26ClNO2S/c28-22-11-9-21(10-12-22)27-25(24-5-1-2-6-26(24)32(27)30)19-20-7-13-23(14-8-20)31-18-17-29-15-3-4-16-29/h1-2,5-14H,3-4,15-19H2. The highest BCUT2D eigenvalue weighted by Gasteiger charge is 2.24. The average molecular weight is 464 g/mol. The molecule has 1 aromatic heterocycles. The van der Waals surface area contributed by atoms with Gasteiger partial charge in [-0.3, -0.25) is 4.90 Å². The maximum Gasteiger partial charge on any atom is 0.184 e. The van der Waals surface area contributed by atoms with Crippen molar-refractivity contribution in [3.05, 3.63) is 88.9 Å². The summed E-state index contributed by atoms with van der Waals surface area (Å²) in [7, 11) is -1.20. The Morgan fingerprint density at radius 1 is 0.906 bits per heavy atom. The van der Waals surface area contributed by atoms with E-state index in [2.05, 4.69) is 23.1 Å². The molecule has 4 aromatic rings. The van der Waals surface area contributed by atoms with Gasteiger partial charge in [0, 0.05) is 34.5 Å². The van der Waals surface area contributed by atoms with E-state index in [1.807, 2.05) is 54.6 Å². The molecule has 0 aliphatic carbocycles. The van der Waals surface area contributed by atoms with Gasteiger partial charge in [-0.2, -0.15) is 0 Å². The Kier molecular flexibility index (Phi) is 6.47. The van der Waals surface area contributed by atoms with Crippen LogP contribution in [0.4, 0.5) is 0 Å². The van der Waals surface area contributed by atoms with Gasteiger partial charge in [-0.25, -0.2) is 0 Å². The van der Waals surface area contributed by atoms with Gasteiger partial charge in [0.15, 0.2) is 9.58 Å². The van der Waals surface area contributed by atoms with Crippen molar-refractivity contribution in [2.24, 2.45) is 0 Å². The lowest BCUT2D eigenvalue weighted by Crippen LogP contribution is -2.25. The summed E-state index contributed by atoms with van der Waals surface area (Å²) in [4.78, 5) is 3.34. The van der Waals surface area contributed by atoms with Gasteiger partial charge < -0.3 is 9.29 Å². The second-order valence-corrected chi connectivity index (χ2v) is 10.1. The van der Waals surface area contributed by atoms with Gasteiger partial charge in [0.1, 0.15) is 12.4 Å². The molecule has 0 saturated carbocycles. The molecule has 0 bridgehead atoms. The number of hydrogen-bond acceptors (Lipinski definition) is 3. The Hall–Kier alpha value is -2.37. The molecule has 5 rings (SSSR count). The van der Waals surface area contributed by atoms with E-state index < -0.39 is 10.8 Å². The van der Waals surface area contributed by atoms with Crippen molar-refractivity contribution < 1.29 is 9.29 Å². The Bertz CT molecular complexity index is 1200. The number of benzene rings is 3. The molecule has 0 N–H and O–H groups in total. The number of likely N-dealkylation sites (tertiary alicyclic amines) is 1. The van der Waals surface area contributed by atoms with E-state index in [-0.39, 0.29) is 0 Å². The number of thiophene rings is 1. The Balaban J connectivity index is 1.38. The van der Waals surface area contributed by atoms with E-state index in [1.54, 1.807) is 0 Å². The molecule has 3 aromatic carbocycles. The van der Waals surface area contributed by atoms with Crippen LogP contribution < -0.4 is 4.74 Å². The predicted molar refractivity (Wildman–Crippen MR) is 133 cm³/mol. The van der Waals surface area contributed by atoms with E-state index in [4.69, 9.17) is 16.3 Å². The molecule has 1 saturated heterocycles. The van der Waals surface area contributed by atoms with Crippen LogP contribution in [0.5, 0.6) is 5.75 Å². The summed E-state index contributed by atoms with van der Waals surface area (Å²) in [5.74, 6) is 0.898. The van der Waals surface area contributed by atoms with Crippen molar-refractivity contribution >= 4 is 32.4 Å². The first-order chi connectivity index (χ1) is 15.7. The number of fused-ring (bicyclic) bond motifs is 1. The Morgan fingerprint density at radius 3 is 2.38 bits per heavy atom. The van der Waals surface area contributed by atoms with Gasteiger partial charge >= 0.3 is 0 Å². The van der Waals surface area contributed by atoms with Crippen molar-refractivity contribution in [3.63, 3.8) is 0 Å². The molecule has 5 heteroatoms. The summed E-state index contributed by atoms with van der Waals surface area (Å²) in [6.07, 6.45) is 3.32. The summed E-state index contributed by atoms with van der Waals surface area (Å²) >= 11 is 6.09. The Morgan fingerprint density at radius 2 is 1.62 bits per heavy atom. The van der Waals surface area contributed by atoms with Crippen molar-refractivity contribution in [1.82, 2.24) is 4.90 Å². The molecule has 0 amide bonds. The fourth-order valence-electron chi connectivity index (χ4n) is 4.49. The number of halogens is 1. The van der Waals surface area contributed by atoms with Crippen LogP contribution in [0.1, 0.15) is 24.0 Å². The van der Waals surface area contributed by atoms with Gasteiger partial charge in [0.25, 0.3) is 0 Å². The van der Waals surface area contributed by atoms with E-state index in [0.29, 0.717) is 5.02 Å². The van der Waals surface area contributed by atoms with Gasteiger partial charge in [0.2, 0.25) is 0 Å². The van der Waals surface area contributed by atoms with Crippen LogP contribution >= 0.6 is 22.4 Å². The molecule has 0 radical (unpaired) electrons. The lowest BCUT2D eigenvalue weighted by molar-refractivity contribution is 0.238. The number of nitrogens with zero attached hydrogens (tertiary/aromatic N) is 1. The molecule has 0 spiro atoms. The van der Waals surface area contributed by atoms with Crippen molar-refractivity contribution in [2.75, 3.05) is 26.2 Å². The molecule has 2 heterocycles. The minimum absolute atomic E-state index is 0.678. The second kappa shape index (κ2) is 9.63. The predicted octanol–water partition coefficient (Wildman–Crippen LogP) is 6.95. The maximum atomic E-state index is 13.4. The zero-order valence-electron chi connectivity index (χ0n) is 17.9. The summed E-state index contributed by atoms with van der Waals surface area (Å²) in [6.45, 7) is 4.09. The van der Waals surface area contributed by atoms with Crippen molar-refractivity contribution in [1.29, 1.82) is 0 Å². The SMILES string of the molecule is [O-][s+]1c(-c2ccc(Cl)cc2)c(Cc2ccc(OCCN3CCCC3)cc2)c2ccccc21. The van der Waals surface area contributed by atoms with Crippen LogP contribution in [-0.4, -0.2) is 35.7 Å². The first kappa shape index (κ1) is 21.5. The van der Waals surface area contributed by atoms with E-state index in [1.165, 1.54) is 31.5 Å². The highest BCUT2D eigenvalue weighted by atomic mass is 35.5. The normalized spacial score (nSPS) is 14.9. The summed E-state index contributed by atoms with van der Waals surface area (Å²) in [5.41, 5.74) is 3.25. The van der Waals surface area contributed by atoms with Crippen LogP contribution in [0.3, 0.4) is 0 Å². The van der Waals surface area contributed by atoms with Crippen LogP contribution in [0.25, 0.3) is 20.5 Å². The zero-order valence-corrected chi connectivity index (χ0v) is 19.5. The lowest BCUT2D eigenvalue weighted by Gasteiger charge is -2.15. The van der Waals surface area contributed by atoms with Crippen LogP contribution in [0, 0.1) is 0 Å². The van der Waals surface area contributed by atoms with Crippen LogP contribution in [-0.2, 0) is 6.42 Å². The van der Waals surface area contributed by atoms with Crippen molar-refractivity contribution in [2.45, 2.75) is 19.3 Å². The van der Waals surface area contributed by atoms with Gasteiger partial charge in [-0.05, 0) is 90.8 Å². The largest absolute Gasteiger partial charge is 0.590 e. The van der Waals surface area contributed by atoms with E-state index >= 15 is 0 Å². The first-order valence-corrected chi connectivity index (χ1v) is 12.7. The molecule has 1 aliphatic rings.